The molecule has 0 radical (unpaired) electrons. The van der Waals surface area contributed by atoms with Gasteiger partial charge in [0.05, 0.1) is 11.8 Å². The number of hydrogen-bond acceptors (Lipinski definition) is 2. The molecule has 0 aliphatic rings. The van der Waals surface area contributed by atoms with Gasteiger partial charge < -0.3 is 5.11 Å². The van der Waals surface area contributed by atoms with Crippen LogP contribution >= 0.6 is 0 Å². The maximum absolute atomic E-state index is 14.5. The molecule has 0 amide bonds. The number of benzene rings is 2. The molecule has 1 atom stereocenters. The van der Waals surface area contributed by atoms with Gasteiger partial charge in [0.1, 0.15) is 5.82 Å². The number of aliphatic hydroxyl groups is 1. The zero-order chi connectivity index (χ0) is 21.3. The van der Waals surface area contributed by atoms with Crippen molar-refractivity contribution < 1.29 is 9.50 Å². The third kappa shape index (κ3) is 5.98. The molecule has 0 aliphatic carbocycles. The number of nitrogens with zero attached hydrogens (tertiary/aromatic N) is 1. The quantitative estimate of drug-likeness (QED) is 0.314. The first kappa shape index (κ1) is 21.7. The highest BCUT2D eigenvalue weighted by atomic mass is 19.1. The highest BCUT2D eigenvalue weighted by molar-refractivity contribution is 5.68. The summed E-state index contributed by atoms with van der Waals surface area (Å²) in [6, 6.07) is 17.5. The molecule has 3 aromatic rings. The summed E-state index contributed by atoms with van der Waals surface area (Å²) in [7, 11) is 0. The summed E-state index contributed by atoms with van der Waals surface area (Å²) in [4.78, 5) is 4.53. The lowest BCUT2D eigenvalue weighted by atomic mass is 10.0. The van der Waals surface area contributed by atoms with Crippen molar-refractivity contribution in [2.45, 2.75) is 38.7 Å². The number of allylic oxidation sites excluding steroid dienone is 2. The third-order valence-corrected chi connectivity index (χ3v) is 5.02. The Kier molecular flexibility index (Phi) is 7.69. The maximum atomic E-state index is 14.5. The Morgan fingerprint density at radius 3 is 2.40 bits per heavy atom. The van der Waals surface area contributed by atoms with E-state index in [-0.39, 0.29) is 11.9 Å². The van der Waals surface area contributed by atoms with Crippen LogP contribution in [0.4, 0.5) is 4.39 Å². The van der Waals surface area contributed by atoms with E-state index in [0.717, 1.165) is 48.1 Å². The minimum absolute atomic E-state index is 0.261. The van der Waals surface area contributed by atoms with Crippen molar-refractivity contribution in [2.24, 2.45) is 0 Å². The van der Waals surface area contributed by atoms with Crippen LogP contribution in [0.2, 0.25) is 0 Å². The van der Waals surface area contributed by atoms with Crippen LogP contribution in [0.25, 0.3) is 28.5 Å². The van der Waals surface area contributed by atoms with Crippen LogP contribution in [-0.2, 0) is 6.42 Å². The molecular weight excluding hydrogens is 373 g/mol. The Morgan fingerprint density at radius 2 is 1.77 bits per heavy atom. The highest BCUT2D eigenvalue weighted by Gasteiger charge is 2.06. The lowest BCUT2D eigenvalue weighted by Crippen LogP contribution is -1.97. The molecule has 30 heavy (non-hydrogen) atoms. The molecule has 0 fully saturated rings. The summed E-state index contributed by atoms with van der Waals surface area (Å²) < 4.78 is 14.5. The van der Waals surface area contributed by atoms with Crippen molar-refractivity contribution in [3.05, 3.63) is 96.5 Å². The first-order chi connectivity index (χ1) is 14.6. The van der Waals surface area contributed by atoms with Gasteiger partial charge in [0.15, 0.2) is 0 Å². The minimum atomic E-state index is -0.287. The van der Waals surface area contributed by atoms with E-state index in [1.165, 1.54) is 11.6 Å². The summed E-state index contributed by atoms with van der Waals surface area (Å²) in [5.74, 6) is -0.261. The van der Waals surface area contributed by atoms with Gasteiger partial charge in [-0.2, -0.15) is 0 Å². The molecule has 0 spiro atoms. The molecule has 3 rings (SSSR count). The van der Waals surface area contributed by atoms with Crippen LogP contribution < -0.4 is 0 Å². The van der Waals surface area contributed by atoms with Gasteiger partial charge in [-0.05, 0) is 55.9 Å². The van der Waals surface area contributed by atoms with E-state index in [1.807, 2.05) is 36.5 Å². The SMILES string of the molecule is C=CCc1ccc(-c2ccc(-c3ccc(C=CCCCC(C)O)c(F)c3)nc2)cc1. The number of aromatic nitrogens is 1. The molecule has 0 saturated heterocycles. The Hall–Kier alpha value is -3.04. The van der Waals surface area contributed by atoms with E-state index in [0.29, 0.717) is 5.56 Å². The van der Waals surface area contributed by atoms with Gasteiger partial charge >= 0.3 is 0 Å². The van der Waals surface area contributed by atoms with Crippen molar-refractivity contribution in [1.29, 1.82) is 0 Å². The third-order valence-electron chi connectivity index (χ3n) is 5.02. The molecule has 3 heteroatoms. The molecule has 0 bridgehead atoms. The first-order valence-corrected chi connectivity index (χ1v) is 10.4. The topological polar surface area (TPSA) is 33.1 Å². The fourth-order valence-electron chi connectivity index (χ4n) is 3.30. The van der Waals surface area contributed by atoms with Crippen molar-refractivity contribution in [3.8, 4) is 22.4 Å². The highest BCUT2D eigenvalue weighted by Crippen LogP contribution is 2.25. The van der Waals surface area contributed by atoms with Crippen LogP contribution in [0.5, 0.6) is 0 Å². The van der Waals surface area contributed by atoms with Gasteiger partial charge in [-0.1, -0.05) is 60.7 Å². The predicted octanol–water partition coefficient (Wildman–Crippen LogP) is 6.85. The lowest BCUT2D eigenvalue weighted by Gasteiger charge is -2.06. The largest absolute Gasteiger partial charge is 0.393 e. The van der Waals surface area contributed by atoms with Crippen LogP contribution in [0, 0.1) is 5.82 Å². The zero-order valence-corrected chi connectivity index (χ0v) is 17.4. The van der Waals surface area contributed by atoms with Crippen molar-refractivity contribution in [1.82, 2.24) is 4.98 Å². The van der Waals surface area contributed by atoms with Crippen molar-refractivity contribution in [3.63, 3.8) is 0 Å². The standard InChI is InChI=1S/C27H28FNO/c1-3-7-21-10-12-22(13-11-21)25-16-17-27(29-19-25)24-15-14-23(26(28)18-24)9-6-4-5-8-20(2)30/h3,6,9-20,30H,1,4-5,7-8H2,2H3. The summed E-state index contributed by atoms with van der Waals surface area (Å²) in [6.07, 6.45) is 10.5. The second kappa shape index (κ2) is 10.7. The predicted molar refractivity (Wildman–Crippen MR) is 124 cm³/mol. The molecule has 1 heterocycles. The smallest absolute Gasteiger partial charge is 0.131 e. The minimum Gasteiger partial charge on any atom is -0.393 e. The van der Waals surface area contributed by atoms with Crippen LogP contribution in [0.1, 0.15) is 37.3 Å². The molecule has 1 N–H and O–H groups in total. The first-order valence-electron chi connectivity index (χ1n) is 10.4. The fourth-order valence-corrected chi connectivity index (χ4v) is 3.30. The van der Waals surface area contributed by atoms with E-state index < -0.39 is 0 Å². The second-order valence-corrected chi connectivity index (χ2v) is 7.54. The monoisotopic (exact) mass is 401 g/mol. The summed E-state index contributed by atoms with van der Waals surface area (Å²) >= 11 is 0. The normalized spacial score (nSPS) is 12.2. The maximum Gasteiger partial charge on any atom is 0.131 e. The van der Waals surface area contributed by atoms with Crippen molar-refractivity contribution in [2.75, 3.05) is 0 Å². The number of rotatable bonds is 9. The van der Waals surface area contributed by atoms with E-state index in [1.54, 1.807) is 19.1 Å². The average Bonchev–Trinajstić information content (AvgIpc) is 2.75. The van der Waals surface area contributed by atoms with Crippen LogP contribution in [0.15, 0.2) is 79.5 Å². The van der Waals surface area contributed by atoms with Gasteiger partial charge in [-0.25, -0.2) is 4.39 Å². The van der Waals surface area contributed by atoms with Gasteiger partial charge in [0.25, 0.3) is 0 Å². The van der Waals surface area contributed by atoms with E-state index in [9.17, 15) is 9.50 Å². The Bertz CT molecular complexity index is 988. The Morgan fingerprint density at radius 1 is 1.03 bits per heavy atom. The van der Waals surface area contributed by atoms with Gasteiger partial charge in [-0.15, -0.1) is 6.58 Å². The fraction of sp³-hybridized carbons (Fsp3) is 0.222. The number of unbranched alkanes of at least 4 members (excludes halogenated alkanes) is 1. The number of halogens is 1. The molecule has 0 aliphatic heterocycles. The van der Waals surface area contributed by atoms with Gasteiger partial charge in [0.2, 0.25) is 0 Å². The summed E-state index contributed by atoms with van der Waals surface area (Å²) in [6.45, 7) is 5.55. The molecular formula is C27H28FNO. The summed E-state index contributed by atoms with van der Waals surface area (Å²) in [5, 5.41) is 9.27. The molecule has 2 aromatic carbocycles. The van der Waals surface area contributed by atoms with Gasteiger partial charge in [0, 0.05) is 22.9 Å². The average molecular weight is 402 g/mol. The Balaban J connectivity index is 1.68. The van der Waals surface area contributed by atoms with E-state index in [2.05, 4.69) is 35.8 Å². The van der Waals surface area contributed by atoms with Crippen LogP contribution in [-0.4, -0.2) is 16.2 Å². The summed E-state index contributed by atoms with van der Waals surface area (Å²) in [5.41, 5.74) is 5.42. The van der Waals surface area contributed by atoms with Crippen molar-refractivity contribution >= 4 is 6.08 Å². The second-order valence-electron chi connectivity index (χ2n) is 7.54. The number of hydrogen-bond donors (Lipinski definition) is 1. The molecule has 0 saturated carbocycles. The molecule has 1 aromatic heterocycles. The number of pyridine rings is 1. The van der Waals surface area contributed by atoms with E-state index >= 15 is 0 Å². The molecule has 154 valence electrons. The lowest BCUT2D eigenvalue weighted by molar-refractivity contribution is 0.182. The zero-order valence-electron chi connectivity index (χ0n) is 17.4. The molecule has 1 unspecified atom stereocenters. The van der Waals surface area contributed by atoms with Crippen LogP contribution in [0.3, 0.4) is 0 Å². The number of aliphatic hydroxyl groups excluding tert-OH is 1. The van der Waals surface area contributed by atoms with E-state index in [4.69, 9.17) is 0 Å². The molecule has 2 nitrogen and oxygen atoms in total. The van der Waals surface area contributed by atoms with Gasteiger partial charge in [-0.3, -0.25) is 4.98 Å². The Labute approximate surface area is 178 Å².